The Morgan fingerprint density at radius 3 is 1.93 bits per heavy atom. The molecule has 0 bridgehead atoms. The second-order valence-electron chi connectivity index (χ2n) is 5.44. The molecule has 0 spiro atoms. The lowest BCUT2D eigenvalue weighted by atomic mass is 10.1. The third kappa shape index (κ3) is 4.36. The Bertz CT molecular complexity index is 847. The molecule has 27 heavy (non-hydrogen) atoms. The molecule has 2 N–H and O–H groups in total. The lowest BCUT2D eigenvalue weighted by Gasteiger charge is -2.15. The van der Waals surface area contributed by atoms with E-state index in [1.54, 1.807) is 0 Å². The van der Waals surface area contributed by atoms with Crippen molar-refractivity contribution in [3.63, 3.8) is 0 Å². The molecule has 0 fully saturated rings. The molecule has 0 saturated heterocycles. The molecule has 0 unspecified atom stereocenters. The van der Waals surface area contributed by atoms with E-state index >= 15 is 0 Å². The maximum absolute atomic E-state index is 12.8. The highest BCUT2D eigenvalue weighted by molar-refractivity contribution is 6.00. The summed E-state index contributed by atoms with van der Waals surface area (Å²) in [7, 11) is 0. The topological polar surface area (TPSA) is 59.6 Å². The van der Waals surface area contributed by atoms with Crippen molar-refractivity contribution in [2.45, 2.75) is 12.4 Å². The number of rotatable bonds is 2. The Balaban J connectivity index is 1.80. The number of hydrogen-bond donors (Lipinski definition) is 2. The van der Waals surface area contributed by atoms with E-state index in [4.69, 9.17) is 9.47 Å². The van der Waals surface area contributed by atoms with Gasteiger partial charge >= 0.3 is 18.4 Å². The van der Waals surface area contributed by atoms with Gasteiger partial charge in [0.15, 0.2) is 11.5 Å². The number of urea groups is 1. The molecule has 144 valence electrons. The maximum atomic E-state index is 12.8. The molecular formula is C16H10F6N2O3. The third-order valence-electron chi connectivity index (χ3n) is 3.48. The van der Waals surface area contributed by atoms with Crippen molar-refractivity contribution >= 4 is 17.4 Å². The van der Waals surface area contributed by atoms with Crippen LogP contribution < -0.4 is 20.1 Å². The number of ether oxygens (including phenoxy) is 2. The summed E-state index contributed by atoms with van der Waals surface area (Å²) in [5.41, 5.74) is -3.51. The lowest BCUT2D eigenvalue weighted by Crippen LogP contribution is -2.20. The average Bonchev–Trinajstić information content (AvgIpc) is 3.00. The van der Waals surface area contributed by atoms with Gasteiger partial charge in [0.2, 0.25) is 6.79 Å². The number of halogens is 6. The number of amides is 2. The summed E-state index contributed by atoms with van der Waals surface area (Å²) < 4.78 is 87.1. The van der Waals surface area contributed by atoms with E-state index in [2.05, 4.69) is 5.32 Å². The minimum absolute atomic E-state index is 0.00453. The Hall–Kier alpha value is -3.11. The van der Waals surface area contributed by atoms with Gasteiger partial charge < -0.3 is 20.1 Å². The Morgan fingerprint density at radius 1 is 0.778 bits per heavy atom. The summed E-state index contributed by atoms with van der Waals surface area (Å²) >= 11 is 0. The Morgan fingerprint density at radius 2 is 1.33 bits per heavy atom. The average molecular weight is 392 g/mol. The highest BCUT2D eigenvalue weighted by Gasteiger charge is 2.37. The zero-order valence-corrected chi connectivity index (χ0v) is 13.2. The molecule has 1 aliphatic heterocycles. The fourth-order valence-corrected chi connectivity index (χ4v) is 2.29. The lowest BCUT2D eigenvalue weighted by molar-refractivity contribution is -0.143. The fraction of sp³-hybridized carbons (Fsp3) is 0.188. The van der Waals surface area contributed by atoms with Gasteiger partial charge in [-0.1, -0.05) is 0 Å². The van der Waals surface area contributed by atoms with E-state index in [1.807, 2.05) is 5.32 Å². The van der Waals surface area contributed by atoms with Gasteiger partial charge in [-0.3, -0.25) is 0 Å². The van der Waals surface area contributed by atoms with Crippen LogP contribution in [0.25, 0.3) is 0 Å². The number of anilines is 2. The molecule has 1 heterocycles. The van der Waals surface area contributed by atoms with E-state index in [0.717, 1.165) is 0 Å². The van der Waals surface area contributed by atoms with E-state index in [0.29, 0.717) is 23.6 Å². The van der Waals surface area contributed by atoms with Gasteiger partial charge in [0.05, 0.1) is 11.1 Å². The van der Waals surface area contributed by atoms with Crippen LogP contribution in [0.4, 0.5) is 42.5 Å². The third-order valence-corrected chi connectivity index (χ3v) is 3.48. The van der Waals surface area contributed by atoms with Gasteiger partial charge in [-0.05, 0) is 30.3 Å². The SMILES string of the molecule is O=C(Nc1cc(C(F)(F)F)cc(C(F)(F)F)c1)Nc1ccc2c(c1)OCO2. The molecule has 5 nitrogen and oxygen atoms in total. The first-order valence-electron chi connectivity index (χ1n) is 7.29. The predicted octanol–water partition coefficient (Wildman–Crippen LogP) is 5.10. The van der Waals surface area contributed by atoms with Crippen molar-refractivity contribution in [2.24, 2.45) is 0 Å². The second kappa shape index (κ2) is 6.56. The Labute approximate surface area is 147 Å². The summed E-state index contributed by atoms with van der Waals surface area (Å²) in [6, 6.07) is 4.09. The van der Waals surface area contributed by atoms with Crippen LogP contribution in [-0.4, -0.2) is 12.8 Å². The van der Waals surface area contributed by atoms with Gasteiger partial charge in [-0.25, -0.2) is 4.79 Å². The molecule has 3 rings (SSSR count). The van der Waals surface area contributed by atoms with Gasteiger partial charge in [0.1, 0.15) is 0 Å². The van der Waals surface area contributed by atoms with Gasteiger partial charge in [0.25, 0.3) is 0 Å². The largest absolute Gasteiger partial charge is 0.454 e. The van der Waals surface area contributed by atoms with Crippen LogP contribution >= 0.6 is 0 Å². The first-order chi connectivity index (χ1) is 12.5. The highest BCUT2D eigenvalue weighted by Crippen LogP contribution is 2.38. The minimum Gasteiger partial charge on any atom is -0.454 e. The molecular weight excluding hydrogens is 382 g/mol. The predicted molar refractivity (Wildman–Crippen MR) is 81.7 cm³/mol. The van der Waals surface area contributed by atoms with Crippen molar-refractivity contribution in [3.05, 3.63) is 47.5 Å². The molecule has 0 aliphatic carbocycles. The number of hydrogen-bond acceptors (Lipinski definition) is 3. The molecule has 2 aromatic carbocycles. The normalized spacial score (nSPS) is 13.4. The van der Waals surface area contributed by atoms with Crippen LogP contribution in [0.15, 0.2) is 36.4 Å². The van der Waals surface area contributed by atoms with Gasteiger partial charge in [-0.15, -0.1) is 0 Å². The first-order valence-corrected chi connectivity index (χ1v) is 7.29. The van der Waals surface area contributed by atoms with Crippen LogP contribution in [-0.2, 0) is 12.4 Å². The minimum atomic E-state index is -5.01. The second-order valence-corrected chi connectivity index (χ2v) is 5.44. The number of alkyl halides is 6. The standard InChI is InChI=1S/C16H10F6N2O3/c17-15(18,19)8-3-9(16(20,21)22)5-11(4-8)24-14(25)23-10-1-2-12-13(6-10)27-7-26-12/h1-6H,7H2,(H2,23,24,25). The molecule has 0 atom stereocenters. The van der Waals surface area contributed by atoms with Crippen LogP contribution in [0.5, 0.6) is 11.5 Å². The molecule has 1 aliphatic rings. The van der Waals surface area contributed by atoms with Crippen LogP contribution in [0.3, 0.4) is 0 Å². The van der Waals surface area contributed by atoms with Crippen LogP contribution in [0.2, 0.25) is 0 Å². The fourth-order valence-electron chi connectivity index (χ4n) is 2.29. The van der Waals surface area contributed by atoms with Crippen LogP contribution in [0, 0.1) is 0 Å². The van der Waals surface area contributed by atoms with E-state index in [-0.39, 0.29) is 18.5 Å². The molecule has 0 aromatic heterocycles. The van der Waals surface area contributed by atoms with Gasteiger partial charge in [0, 0.05) is 17.4 Å². The summed E-state index contributed by atoms with van der Waals surface area (Å²) in [6.45, 7) is -0.00453. The zero-order valence-electron chi connectivity index (χ0n) is 13.2. The molecule has 11 heteroatoms. The van der Waals surface area contributed by atoms with Crippen molar-refractivity contribution < 1.29 is 40.6 Å². The summed E-state index contributed by atoms with van der Waals surface area (Å²) in [5, 5.41) is 4.25. The molecule has 2 amide bonds. The monoisotopic (exact) mass is 392 g/mol. The number of nitrogens with one attached hydrogen (secondary N) is 2. The van der Waals surface area contributed by atoms with E-state index in [1.165, 1.54) is 18.2 Å². The van der Waals surface area contributed by atoms with E-state index < -0.39 is 35.2 Å². The number of benzene rings is 2. The summed E-state index contributed by atoms with van der Waals surface area (Å²) in [4.78, 5) is 11.9. The highest BCUT2D eigenvalue weighted by atomic mass is 19.4. The molecule has 0 saturated carbocycles. The van der Waals surface area contributed by atoms with Crippen LogP contribution in [0.1, 0.15) is 11.1 Å². The Kier molecular flexibility index (Phi) is 4.54. The molecule has 2 aromatic rings. The van der Waals surface area contributed by atoms with Crippen molar-refractivity contribution in [3.8, 4) is 11.5 Å². The smallest absolute Gasteiger partial charge is 0.416 e. The van der Waals surface area contributed by atoms with Crippen molar-refractivity contribution in [2.75, 3.05) is 17.4 Å². The van der Waals surface area contributed by atoms with Gasteiger partial charge in [-0.2, -0.15) is 26.3 Å². The van der Waals surface area contributed by atoms with Crippen molar-refractivity contribution in [1.29, 1.82) is 0 Å². The van der Waals surface area contributed by atoms with Crippen molar-refractivity contribution in [1.82, 2.24) is 0 Å². The first kappa shape index (κ1) is 18.7. The zero-order chi connectivity index (χ0) is 19.8. The quantitative estimate of drug-likeness (QED) is 0.700. The number of carbonyl (C=O) groups is 1. The maximum Gasteiger partial charge on any atom is 0.416 e. The van der Waals surface area contributed by atoms with E-state index in [9.17, 15) is 31.1 Å². The number of fused-ring (bicyclic) bond motifs is 1. The summed E-state index contributed by atoms with van der Waals surface area (Å²) in [6.07, 6.45) is -10.0. The number of carbonyl (C=O) groups excluding carboxylic acids is 1. The summed E-state index contributed by atoms with van der Waals surface area (Å²) in [5.74, 6) is 0.778. The molecule has 0 radical (unpaired) electrons.